The molecule has 6 nitrogen and oxygen atoms in total. The zero-order chi connectivity index (χ0) is 16.7. The van der Waals surface area contributed by atoms with Gasteiger partial charge in [-0.15, -0.1) is 0 Å². The normalized spacial score (nSPS) is 15.2. The highest BCUT2D eigenvalue weighted by molar-refractivity contribution is 6.15. The summed E-state index contributed by atoms with van der Waals surface area (Å²) < 4.78 is 5.68. The van der Waals surface area contributed by atoms with Gasteiger partial charge in [-0.1, -0.05) is 18.2 Å². The number of nitrogens with one attached hydrogen (secondary N) is 2. The first kappa shape index (κ1) is 14.7. The highest BCUT2D eigenvalue weighted by Gasteiger charge is 2.38. The van der Waals surface area contributed by atoms with Crippen molar-refractivity contribution in [3.63, 3.8) is 0 Å². The number of fused-ring (bicyclic) bond motifs is 1. The summed E-state index contributed by atoms with van der Waals surface area (Å²) in [7, 11) is 0. The molecule has 0 aliphatic heterocycles. The Labute approximate surface area is 139 Å². The molecule has 4 rings (SSSR count). The van der Waals surface area contributed by atoms with Crippen molar-refractivity contribution in [3.05, 3.63) is 48.0 Å². The zero-order valence-corrected chi connectivity index (χ0v) is 13.6. The second kappa shape index (κ2) is 5.33. The van der Waals surface area contributed by atoms with Crippen LogP contribution in [0.5, 0.6) is 0 Å². The van der Waals surface area contributed by atoms with Crippen LogP contribution in [-0.4, -0.2) is 21.4 Å². The van der Waals surface area contributed by atoms with E-state index in [0.717, 1.165) is 18.5 Å². The second-order valence-corrected chi connectivity index (χ2v) is 6.44. The van der Waals surface area contributed by atoms with Crippen LogP contribution in [0.15, 0.2) is 41.1 Å². The SMILES string of the molecule is Cc1oc2ncnc(NC3(C)CC3)c2c1C(=O)Nc1ccccc1. The molecule has 1 aliphatic rings. The molecule has 2 heterocycles. The zero-order valence-electron chi connectivity index (χ0n) is 13.6. The molecule has 0 unspecified atom stereocenters. The van der Waals surface area contributed by atoms with E-state index in [2.05, 4.69) is 27.5 Å². The smallest absolute Gasteiger partial charge is 0.260 e. The Morgan fingerprint density at radius 1 is 1.21 bits per heavy atom. The maximum atomic E-state index is 12.8. The maximum Gasteiger partial charge on any atom is 0.260 e. The van der Waals surface area contributed by atoms with E-state index in [-0.39, 0.29) is 11.4 Å². The molecular weight excluding hydrogens is 304 g/mol. The summed E-state index contributed by atoms with van der Waals surface area (Å²) in [5.74, 6) is 0.953. The van der Waals surface area contributed by atoms with Gasteiger partial charge in [0.1, 0.15) is 17.9 Å². The predicted molar refractivity (Wildman–Crippen MR) is 92.2 cm³/mol. The second-order valence-electron chi connectivity index (χ2n) is 6.44. The third-order valence-corrected chi connectivity index (χ3v) is 4.34. The van der Waals surface area contributed by atoms with Crippen LogP contribution < -0.4 is 10.6 Å². The highest BCUT2D eigenvalue weighted by atomic mass is 16.3. The number of furan rings is 1. The molecule has 2 N–H and O–H groups in total. The van der Waals surface area contributed by atoms with Crippen molar-refractivity contribution in [2.24, 2.45) is 0 Å². The number of anilines is 2. The summed E-state index contributed by atoms with van der Waals surface area (Å²) in [6.45, 7) is 3.90. The van der Waals surface area contributed by atoms with E-state index in [9.17, 15) is 4.79 Å². The lowest BCUT2D eigenvalue weighted by molar-refractivity contribution is 0.102. The lowest BCUT2D eigenvalue weighted by Crippen LogP contribution is -2.18. The Morgan fingerprint density at radius 3 is 2.67 bits per heavy atom. The Bertz CT molecular complexity index is 913. The number of amides is 1. The van der Waals surface area contributed by atoms with E-state index in [0.29, 0.717) is 28.2 Å². The molecule has 3 aromatic rings. The number of hydrogen-bond acceptors (Lipinski definition) is 5. The van der Waals surface area contributed by atoms with Crippen molar-refractivity contribution in [1.29, 1.82) is 0 Å². The number of aryl methyl sites for hydroxylation is 1. The molecule has 6 heteroatoms. The van der Waals surface area contributed by atoms with Crippen molar-refractivity contribution in [2.45, 2.75) is 32.2 Å². The van der Waals surface area contributed by atoms with Gasteiger partial charge in [0.2, 0.25) is 5.71 Å². The van der Waals surface area contributed by atoms with Crippen LogP contribution in [0, 0.1) is 6.92 Å². The van der Waals surface area contributed by atoms with Gasteiger partial charge in [0.25, 0.3) is 5.91 Å². The minimum absolute atomic E-state index is 0.0413. The van der Waals surface area contributed by atoms with E-state index in [1.807, 2.05) is 30.3 Å². The first-order valence-corrected chi connectivity index (χ1v) is 7.94. The summed E-state index contributed by atoms with van der Waals surface area (Å²) in [6, 6.07) is 9.34. The molecule has 0 radical (unpaired) electrons. The van der Waals surface area contributed by atoms with Gasteiger partial charge in [-0.25, -0.2) is 9.97 Å². The van der Waals surface area contributed by atoms with Gasteiger partial charge in [0.15, 0.2) is 0 Å². The molecule has 1 aliphatic carbocycles. The molecule has 1 amide bonds. The number of aromatic nitrogens is 2. The third kappa shape index (κ3) is 2.60. The molecule has 24 heavy (non-hydrogen) atoms. The topological polar surface area (TPSA) is 80.1 Å². The Balaban J connectivity index is 1.76. The van der Waals surface area contributed by atoms with Crippen LogP contribution >= 0.6 is 0 Å². The number of benzene rings is 1. The van der Waals surface area contributed by atoms with E-state index in [4.69, 9.17) is 4.42 Å². The average molecular weight is 322 g/mol. The fraction of sp³-hybridized carbons (Fsp3) is 0.278. The Morgan fingerprint density at radius 2 is 1.96 bits per heavy atom. The van der Waals surface area contributed by atoms with Gasteiger partial charge in [-0.05, 0) is 38.8 Å². The summed E-state index contributed by atoms with van der Waals surface area (Å²) in [5, 5.41) is 6.95. The molecule has 1 fully saturated rings. The number of rotatable bonds is 4. The molecule has 0 bridgehead atoms. The number of hydrogen-bond donors (Lipinski definition) is 2. The molecule has 0 atom stereocenters. The molecule has 1 aromatic carbocycles. The first-order valence-electron chi connectivity index (χ1n) is 7.94. The van der Waals surface area contributed by atoms with Crippen molar-refractivity contribution in [1.82, 2.24) is 9.97 Å². The van der Waals surface area contributed by atoms with Gasteiger partial charge < -0.3 is 15.1 Å². The Kier molecular flexibility index (Phi) is 3.26. The molecule has 0 saturated heterocycles. The summed E-state index contributed by atoms with van der Waals surface area (Å²) in [6.07, 6.45) is 3.62. The third-order valence-electron chi connectivity index (χ3n) is 4.34. The number of nitrogens with zero attached hydrogens (tertiary/aromatic N) is 2. The first-order chi connectivity index (χ1) is 11.6. The van der Waals surface area contributed by atoms with Crippen LogP contribution in [0.1, 0.15) is 35.9 Å². The maximum absolute atomic E-state index is 12.8. The lowest BCUT2D eigenvalue weighted by Gasteiger charge is -2.13. The number of carbonyl (C=O) groups is 1. The summed E-state index contributed by atoms with van der Waals surface area (Å²) >= 11 is 0. The van der Waals surface area contributed by atoms with Crippen molar-refractivity contribution < 1.29 is 9.21 Å². The molecule has 2 aromatic heterocycles. The van der Waals surface area contributed by atoms with E-state index >= 15 is 0 Å². The number of para-hydroxylation sites is 1. The van der Waals surface area contributed by atoms with Gasteiger partial charge >= 0.3 is 0 Å². The van der Waals surface area contributed by atoms with Crippen molar-refractivity contribution in [2.75, 3.05) is 10.6 Å². The summed E-state index contributed by atoms with van der Waals surface area (Å²) in [4.78, 5) is 21.3. The largest absolute Gasteiger partial charge is 0.442 e. The van der Waals surface area contributed by atoms with E-state index < -0.39 is 0 Å². The van der Waals surface area contributed by atoms with Crippen LogP contribution in [0.2, 0.25) is 0 Å². The minimum Gasteiger partial charge on any atom is -0.442 e. The van der Waals surface area contributed by atoms with Crippen molar-refractivity contribution >= 4 is 28.5 Å². The van der Waals surface area contributed by atoms with Crippen molar-refractivity contribution in [3.8, 4) is 0 Å². The molecule has 122 valence electrons. The number of carbonyl (C=O) groups excluding carboxylic acids is 1. The average Bonchev–Trinajstić information content (AvgIpc) is 3.17. The van der Waals surface area contributed by atoms with Crippen LogP contribution in [0.4, 0.5) is 11.5 Å². The monoisotopic (exact) mass is 322 g/mol. The lowest BCUT2D eigenvalue weighted by atomic mass is 10.1. The van der Waals surface area contributed by atoms with Crippen LogP contribution in [0.25, 0.3) is 11.1 Å². The predicted octanol–water partition coefficient (Wildman–Crippen LogP) is 3.75. The summed E-state index contributed by atoms with van der Waals surface area (Å²) in [5.41, 5.74) is 1.67. The fourth-order valence-electron chi connectivity index (χ4n) is 2.73. The highest BCUT2D eigenvalue weighted by Crippen LogP contribution is 2.40. The van der Waals surface area contributed by atoms with E-state index in [1.165, 1.54) is 6.33 Å². The molecule has 1 saturated carbocycles. The van der Waals surface area contributed by atoms with Gasteiger partial charge in [-0.2, -0.15) is 0 Å². The Hall–Kier alpha value is -2.89. The van der Waals surface area contributed by atoms with Gasteiger partial charge in [0, 0.05) is 11.2 Å². The fourth-order valence-corrected chi connectivity index (χ4v) is 2.73. The van der Waals surface area contributed by atoms with Gasteiger partial charge in [0.05, 0.1) is 10.9 Å². The minimum atomic E-state index is -0.226. The molecular formula is C18H18N4O2. The standard InChI is InChI=1S/C18H18N4O2/c1-11-13(16(23)21-12-6-4-3-5-7-12)14-15(22-18(2)8-9-18)19-10-20-17(14)24-11/h3-7,10H,8-9H2,1-2H3,(H,21,23)(H,19,20,22). The van der Waals surface area contributed by atoms with E-state index in [1.54, 1.807) is 6.92 Å². The quantitative estimate of drug-likeness (QED) is 0.764. The van der Waals surface area contributed by atoms with Gasteiger partial charge in [-0.3, -0.25) is 4.79 Å². The van der Waals surface area contributed by atoms with Crippen LogP contribution in [0.3, 0.4) is 0 Å². The molecule has 0 spiro atoms. The van der Waals surface area contributed by atoms with Crippen LogP contribution in [-0.2, 0) is 0 Å².